The minimum absolute atomic E-state index is 0.107. The molecule has 9 heteroatoms. The Morgan fingerprint density at radius 1 is 1.05 bits per heavy atom. The molecule has 0 spiro atoms. The number of ether oxygens (including phenoxy) is 2. The molecule has 0 aliphatic carbocycles. The van der Waals surface area contributed by atoms with E-state index in [0.29, 0.717) is 39.8 Å². The Hall–Kier alpha value is -4.01. The van der Waals surface area contributed by atoms with Crippen LogP contribution in [-0.4, -0.2) is 27.3 Å². The van der Waals surface area contributed by atoms with E-state index in [2.05, 4.69) is 44.8 Å². The van der Waals surface area contributed by atoms with Gasteiger partial charge in [-0.3, -0.25) is 0 Å². The molecule has 0 radical (unpaired) electrons. The predicted molar refractivity (Wildman–Crippen MR) is 168 cm³/mol. The molecule has 0 amide bonds. The summed E-state index contributed by atoms with van der Waals surface area (Å²) in [6, 6.07) is 19.3. The van der Waals surface area contributed by atoms with Crippen molar-refractivity contribution in [3.8, 4) is 5.75 Å². The lowest BCUT2D eigenvalue weighted by Gasteiger charge is -2.28. The van der Waals surface area contributed by atoms with E-state index in [9.17, 15) is 4.79 Å². The normalized spacial score (nSPS) is 14.3. The number of halogens is 1. The third-order valence-corrected chi connectivity index (χ3v) is 8.50. The van der Waals surface area contributed by atoms with Gasteiger partial charge in [0.2, 0.25) is 11.1 Å². The number of benzene rings is 3. The van der Waals surface area contributed by atoms with Gasteiger partial charge in [0.1, 0.15) is 25.0 Å². The van der Waals surface area contributed by atoms with Crippen molar-refractivity contribution < 1.29 is 14.3 Å². The summed E-state index contributed by atoms with van der Waals surface area (Å²) in [7, 11) is 0. The van der Waals surface area contributed by atoms with Crippen LogP contribution in [0, 0.1) is 20.8 Å². The van der Waals surface area contributed by atoms with Crippen LogP contribution >= 0.6 is 23.4 Å². The van der Waals surface area contributed by atoms with Crippen LogP contribution in [0.25, 0.3) is 0 Å². The molecule has 0 bridgehead atoms. The molecule has 1 N–H and O–H groups in total. The molecular weight excluding hydrogens is 568 g/mol. The fourth-order valence-corrected chi connectivity index (χ4v) is 5.93. The van der Waals surface area contributed by atoms with Crippen LogP contribution < -0.4 is 10.1 Å². The number of aryl methyl sites for hydroxylation is 3. The van der Waals surface area contributed by atoms with Gasteiger partial charge >= 0.3 is 5.97 Å². The van der Waals surface area contributed by atoms with Gasteiger partial charge in [-0.05, 0) is 79.3 Å². The zero-order valence-corrected chi connectivity index (χ0v) is 25.7. The van der Waals surface area contributed by atoms with Gasteiger partial charge in [0, 0.05) is 16.5 Å². The van der Waals surface area contributed by atoms with Crippen LogP contribution in [0.2, 0.25) is 5.02 Å². The van der Waals surface area contributed by atoms with Gasteiger partial charge in [-0.25, -0.2) is 9.48 Å². The minimum Gasteiger partial charge on any atom is -0.489 e. The molecule has 1 aliphatic rings. The molecule has 216 valence electrons. The number of rotatable bonds is 10. The van der Waals surface area contributed by atoms with E-state index in [4.69, 9.17) is 31.2 Å². The molecule has 42 heavy (non-hydrogen) atoms. The van der Waals surface area contributed by atoms with Crippen LogP contribution in [0.15, 0.2) is 89.7 Å². The lowest BCUT2D eigenvalue weighted by atomic mass is 9.96. The zero-order valence-electron chi connectivity index (χ0n) is 24.1. The van der Waals surface area contributed by atoms with Crippen molar-refractivity contribution in [2.24, 2.45) is 0 Å². The highest BCUT2D eigenvalue weighted by atomic mass is 35.5. The fourth-order valence-electron chi connectivity index (χ4n) is 4.82. The first-order valence-electron chi connectivity index (χ1n) is 13.6. The molecule has 1 aliphatic heterocycles. The predicted octanol–water partition coefficient (Wildman–Crippen LogP) is 7.75. The summed E-state index contributed by atoms with van der Waals surface area (Å²) in [5.41, 5.74) is 7.83. The highest BCUT2D eigenvalue weighted by Gasteiger charge is 2.35. The minimum atomic E-state index is -0.545. The Balaban J connectivity index is 1.42. The first kappa shape index (κ1) is 29.5. The number of carbonyl (C=O) groups is 1. The number of esters is 1. The summed E-state index contributed by atoms with van der Waals surface area (Å²) in [4.78, 5) is 18.0. The molecule has 0 saturated heterocycles. The number of hydrogen-bond acceptors (Lipinski definition) is 7. The number of fused-ring (bicyclic) bond motifs is 1. The van der Waals surface area contributed by atoms with E-state index in [1.807, 2.05) is 55.5 Å². The van der Waals surface area contributed by atoms with Crippen LogP contribution in [0.3, 0.4) is 0 Å². The summed E-state index contributed by atoms with van der Waals surface area (Å²) in [5.74, 6) is 1.45. The Kier molecular flexibility index (Phi) is 9.04. The van der Waals surface area contributed by atoms with Crippen LogP contribution in [0.4, 0.5) is 5.95 Å². The summed E-state index contributed by atoms with van der Waals surface area (Å²) in [6.07, 6.45) is 1.55. The summed E-state index contributed by atoms with van der Waals surface area (Å²) in [5, 5.41) is 9.30. The third kappa shape index (κ3) is 6.40. The van der Waals surface area contributed by atoms with E-state index < -0.39 is 12.0 Å². The Morgan fingerprint density at radius 2 is 1.79 bits per heavy atom. The molecule has 1 aromatic heterocycles. The van der Waals surface area contributed by atoms with E-state index in [0.717, 1.165) is 22.4 Å². The van der Waals surface area contributed by atoms with E-state index in [1.165, 1.54) is 28.5 Å². The molecule has 7 nitrogen and oxygen atoms in total. The van der Waals surface area contributed by atoms with Gasteiger partial charge in [0.05, 0.1) is 5.57 Å². The van der Waals surface area contributed by atoms with Crippen molar-refractivity contribution in [3.05, 3.63) is 123 Å². The number of aromatic nitrogens is 3. The second-order valence-corrected chi connectivity index (χ2v) is 11.6. The lowest BCUT2D eigenvalue weighted by Crippen LogP contribution is -2.29. The van der Waals surface area contributed by atoms with Crippen molar-refractivity contribution in [3.63, 3.8) is 0 Å². The second kappa shape index (κ2) is 12.9. The zero-order chi connectivity index (χ0) is 29.8. The standard InChI is InChI=1S/C33H33ClN4O3S/c1-6-15-40-31(39)29-23(5)35-32-36-33(42-19-25-9-7-8-10-28(25)34)37-38(32)30(29)24-11-13-27(14-12-24)41-18-26-17-21(3)20(2)16-22(26)4/h6-14,16-17,30H,1,15,18-19H2,2-5H3,(H,35,36,37). The van der Waals surface area contributed by atoms with Crippen molar-refractivity contribution in [1.82, 2.24) is 14.8 Å². The molecule has 3 aromatic carbocycles. The number of carbonyl (C=O) groups excluding carboxylic acids is 1. The molecular formula is C33H33ClN4O3S. The summed E-state index contributed by atoms with van der Waals surface area (Å²) >= 11 is 7.83. The van der Waals surface area contributed by atoms with Crippen molar-refractivity contribution in [2.45, 2.75) is 51.3 Å². The van der Waals surface area contributed by atoms with Crippen molar-refractivity contribution in [2.75, 3.05) is 11.9 Å². The average Bonchev–Trinajstić information content (AvgIpc) is 3.38. The molecule has 1 atom stereocenters. The number of thioether (sulfide) groups is 1. The van der Waals surface area contributed by atoms with Crippen LogP contribution in [0.1, 0.15) is 46.3 Å². The highest BCUT2D eigenvalue weighted by molar-refractivity contribution is 7.98. The first-order valence-corrected chi connectivity index (χ1v) is 15.0. The maximum atomic E-state index is 13.3. The van der Waals surface area contributed by atoms with Crippen molar-refractivity contribution >= 4 is 35.3 Å². The van der Waals surface area contributed by atoms with Gasteiger partial charge in [-0.2, -0.15) is 4.98 Å². The van der Waals surface area contributed by atoms with Gasteiger partial charge in [-0.1, -0.05) is 78.5 Å². The quantitative estimate of drug-likeness (QED) is 0.113. The largest absolute Gasteiger partial charge is 0.489 e. The highest BCUT2D eigenvalue weighted by Crippen LogP contribution is 2.38. The van der Waals surface area contributed by atoms with Gasteiger partial charge < -0.3 is 14.8 Å². The topological polar surface area (TPSA) is 78.3 Å². The maximum Gasteiger partial charge on any atom is 0.338 e. The van der Waals surface area contributed by atoms with E-state index in [-0.39, 0.29) is 6.61 Å². The molecule has 4 aromatic rings. The number of anilines is 1. The summed E-state index contributed by atoms with van der Waals surface area (Å²) < 4.78 is 13.3. The van der Waals surface area contributed by atoms with Crippen LogP contribution in [-0.2, 0) is 21.9 Å². The van der Waals surface area contributed by atoms with Gasteiger partial charge in [-0.15, -0.1) is 5.10 Å². The Labute approximate surface area is 255 Å². The first-order chi connectivity index (χ1) is 20.2. The Bertz CT molecular complexity index is 1660. The molecule has 2 heterocycles. The number of nitrogens with zero attached hydrogens (tertiary/aromatic N) is 3. The molecule has 0 saturated carbocycles. The average molecular weight is 601 g/mol. The molecule has 1 unspecified atom stereocenters. The fraction of sp³-hybridized carbons (Fsp3) is 0.242. The number of allylic oxidation sites excluding steroid dienone is 1. The van der Waals surface area contributed by atoms with Gasteiger partial charge in [0.15, 0.2) is 0 Å². The van der Waals surface area contributed by atoms with E-state index in [1.54, 1.807) is 10.8 Å². The second-order valence-electron chi connectivity index (χ2n) is 10.2. The Morgan fingerprint density at radius 3 is 2.52 bits per heavy atom. The smallest absolute Gasteiger partial charge is 0.338 e. The number of hydrogen-bond donors (Lipinski definition) is 1. The molecule has 5 rings (SSSR count). The summed E-state index contributed by atoms with van der Waals surface area (Å²) in [6.45, 7) is 12.4. The lowest BCUT2D eigenvalue weighted by molar-refractivity contribution is -0.138. The monoisotopic (exact) mass is 600 g/mol. The van der Waals surface area contributed by atoms with Crippen molar-refractivity contribution in [1.29, 1.82) is 0 Å². The maximum absolute atomic E-state index is 13.3. The van der Waals surface area contributed by atoms with Crippen LogP contribution in [0.5, 0.6) is 5.75 Å². The molecule has 0 fully saturated rings. The van der Waals surface area contributed by atoms with E-state index >= 15 is 0 Å². The third-order valence-electron chi connectivity index (χ3n) is 7.24. The number of nitrogens with one attached hydrogen (secondary N) is 1. The SMILES string of the molecule is C=CCOC(=O)C1=C(C)Nc2nc(SCc3ccccc3Cl)nn2C1c1ccc(OCc2cc(C)c(C)cc2C)cc1. The van der Waals surface area contributed by atoms with Gasteiger partial charge in [0.25, 0.3) is 0 Å².